The molecule has 6 nitrogen and oxygen atoms in total. The summed E-state index contributed by atoms with van der Waals surface area (Å²) in [6, 6.07) is 1.90. The van der Waals surface area contributed by atoms with Crippen molar-refractivity contribution in [2.45, 2.75) is 68.2 Å². The lowest BCUT2D eigenvalue weighted by Gasteiger charge is -2.21. The Morgan fingerprint density at radius 1 is 0.788 bits per heavy atom. The van der Waals surface area contributed by atoms with E-state index < -0.39 is 11.9 Å². The number of benzene rings is 2. The summed E-state index contributed by atoms with van der Waals surface area (Å²) in [5, 5.41) is 0. The van der Waals surface area contributed by atoms with Gasteiger partial charge >= 0.3 is 11.9 Å². The third-order valence-corrected chi connectivity index (χ3v) is 6.27. The zero-order valence-electron chi connectivity index (χ0n) is 21.4. The van der Waals surface area contributed by atoms with E-state index in [4.69, 9.17) is 18.9 Å². The maximum atomic E-state index is 13.3. The smallest absolute Gasteiger partial charge is 0.344 e. The summed E-state index contributed by atoms with van der Waals surface area (Å²) in [5.41, 5.74) is 6.46. The summed E-state index contributed by atoms with van der Waals surface area (Å²) in [6.07, 6.45) is 2.04. The SMILES string of the molecule is CCCCOc1cc(C)c(C(=O)Oc2c(C)c(C)c(C(=O)OCOC)c(C)c2C)c(C)c1C. The van der Waals surface area contributed by atoms with Crippen molar-refractivity contribution in [1.29, 1.82) is 0 Å². The topological polar surface area (TPSA) is 71.1 Å². The molecule has 0 saturated carbocycles. The van der Waals surface area contributed by atoms with Gasteiger partial charge in [0.2, 0.25) is 0 Å². The maximum Gasteiger partial charge on any atom is 0.344 e. The normalized spacial score (nSPS) is 10.8. The molecule has 0 fully saturated rings. The van der Waals surface area contributed by atoms with E-state index in [2.05, 4.69) is 6.92 Å². The van der Waals surface area contributed by atoms with Crippen LogP contribution in [0.15, 0.2) is 6.07 Å². The lowest BCUT2D eigenvalue weighted by molar-refractivity contribution is -0.0126. The lowest BCUT2D eigenvalue weighted by atomic mass is 9.92. The van der Waals surface area contributed by atoms with Crippen LogP contribution in [0.25, 0.3) is 0 Å². The number of esters is 2. The van der Waals surface area contributed by atoms with E-state index in [9.17, 15) is 9.59 Å². The van der Waals surface area contributed by atoms with Crippen LogP contribution in [0.2, 0.25) is 0 Å². The molecule has 180 valence electrons. The molecule has 0 atom stereocenters. The number of carbonyl (C=O) groups is 2. The second-order valence-electron chi connectivity index (χ2n) is 8.45. The van der Waals surface area contributed by atoms with Crippen LogP contribution in [-0.4, -0.2) is 32.4 Å². The molecule has 0 spiro atoms. The molecule has 0 aliphatic rings. The number of ether oxygens (including phenoxy) is 4. The summed E-state index contributed by atoms with van der Waals surface area (Å²) in [7, 11) is 1.46. The van der Waals surface area contributed by atoms with E-state index in [1.54, 1.807) is 0 Å². The molecular formula is C27H36O6. The molecule has 2 aromatic carbocycles. The van der Waals surface area contributed by atoms with E-state index in [1.165, 1.54) is 7.11 Å². The van der Waals surface area contributed by atoms with E-state index in [0.29, 0.717) is 34.6 Å². The Labute approximate surface area is 197 Å². The van der Waals surface area contributed by atoms with E-state index >= 15 is 0 Å². The van der Waals surface area contributed by atoms with Crippen molar-refractivity contribution in [2.75, 3.05) is 20.5 Å². The highest BCUT2D eigenvalue weighted by molar-refractivity contribution is 5.97. The first kappa shape index (κ1) is 26.4. The van der Waals surface area contributed by atoms with Crippen molar-refractivity contribution in [3.63, 3.8) is 0 Å². The highest BCUT2D eigenvalue weighted by Gasteiger charge is 2.25. The standard InChI is InChI=1S/C27H36O6/c1-10-11-12-31-22-13-15(2)23(17(4)16(22)3)27(29)33-25-20(7)18(5)24(19(6)21(25)8)26(28)32-14-30-9/h13H,10-12,14H2,1-9H3. The largest absolute Gasteiger partial charge is 0.493 e. The summed E-state index contributed by atoms with van der Waals surface area (Å²) in [6.45, 7) is 15.7. The van der Waals surface area contributed by atoms with Gasteiger partial charge in [0.05, 0.1) is 17.7 Å². The molecule has 0 aromatic heterocycles. The van der Waals surface area contributed by atoms with Gasteiger partial charge in [0, 0.05) is 7.11 Å². The summed E-state index contributed by atoms with van der Waals surface area (Å²) in [5.74, 6) is 0.385. The van der Waals surface area contributed by atoms with Crippen LogP contribution < -0.4 is 9.47 Å². The molecule has 33 heavy (non-hydrogen) atoms. The minimum atomic E-state index is -0.461. The highest BCUT2D eigenvalue weighted by Crippen LogP contribution is 2.35. The predicted octanol–water partition coefficient (Wildman–Crippen LogP) is 6.00. The molecule has 6 heteroatoms. The Morgan fingerprint density at radius 2 is 1.36 bits per heavy atom. The van der Waals surface area contributed by atoms with Crippen LogP contribution in [0, 0.1) is 48.5 Å². The lowest BCUT2D eigenvalue weighted by Crippen LogP contribution is -2.18. The number of aryl methyl sites for hydroxylation is 1. The molecule has 0 amide bonds. The van der Waals surface area contributed by atoms with Crippen molar-refractivity contribution >= 4 is 11.9 Å². The second kappa shape index (κ2) is 11.3. The van der Waals surface area contributed by atoms with Gasteiger partial charge in [-0.2, -0.15) is 0 Å². The number of methoxy groups -OCH3 is 1. The van der Waals surface area contributed by atoms with Crippen LogP contribution in [-0.2, 0) is 9.47 Å². The molecule has 0 bridgehead atoms. The number of hydrogen-bond acceptors (Lipinski definition) is 6. The zero-order valence-corrected chi connectivity index (χ0v) is 21.4. The van der Waals surface area contributed by atoms with Crippen LogP contribution >= 0.6 is 0 Å². The fraction of sp³-hybridized carbons (Fsp3) is 0.481. The fourth-order valence-corrected chi connectivity index (χ4v) is 3.90. The number of carbonyl (C=O) groups excluding carboxylic acids is 2. The summed E-state index contributed by atoms with van der Waals surface area (Å²) < 4.78 is 21.9. The van der Waals surface area contributed by atoms with Gasteiger partial charge in [-0.15, -0.1) is 0 Å². The Balaban J connectivity index is 2.43. The first-order valence-corrected chi connectivity index (χ1v) is 11.3. The Kier molecular flexibility index (Phi) is 9.06. The monoisotopic (exact) mass is 456 g/mol. The Hall–Kier alpha value is -2.86. The predicted molar refractivity (Wildman–Crippen MR) is 129 cm³/mol. The van der Waals surface area contributed by atoms with Gasteiger partial charge < -0.3 is 18.9 Å². The first-order chi connectivity index (χ1) is 15.6. The quantitative estimate of drug-likeness (QED) is 0.199. The highest BCUT2D eigenvalue weighted by atomic mass is 16.7. The van der Waals surface area contributed by atoms with Gasteiger partial charge in [-0.1, -0.05) is 13.3 Å². The summed E-state index contributed by atoms with van der Waals surface area (Å²) >= 11 is 0. The molecule has 0 radical (unpaired) electrons. The molecule has 0 aliphatic carbocycles. The Bertz CT molecular complexity index is 1020. The van der Waals surface area contributed by atoms with Crippen molar-refractivity contribution in [1.82, 2.24) is 0 Å². The van der Waals surface area contributed by atoms with Gasteiger partial charge in [0.25, 0.3) is 0 Å². The van der Waals surface area contributed by atoms with Crippen molar-refractivity contribution in [3.05, 3.63) is 56.1 Å². The van der Waals surface area contributed by atoms with E-state index in [-0.39, 0.29) is 6.79 Å². The average molecular weight is 457 g/mol. The second-order valence-corrected chi connectivity index (χ2v) is 8.45. The molecule has 0 saturated heterocycles. The third-order valence-electron chi connectivity index (χ3n) is 6.27. The summed E-state index contributed by atoms with van der Waals surface area (Å²) in [4.78, 5) is 25.8. The third kappa shape index (κ3) is 5.56. The molecule has 2 aromatic rings. The van der Waals surface area contributed by atoms with Crippen LogP contribution in [0.1, 0.15) is 79.4 Å². The maximum absolute atomic E-state index is 13.3. The zero-order chi connectivity index (χ0) is 24.9. The van der Waals surface area contributed by atoms with Gasteiger partial charge in [-0.05, 0) is 99.9 Å². The van der Waals surface area contributed by atoms with Crippen LogP contribution in [0.3, 0.4) is 0 Å². The van der Waals surface area contributed by atoms with Crippen LogP contribution in [0.4, 0.5) is 0 Å². The average Bonchev–Trinajstić information content (AvgIpc) is 2.77. The van der Waals surface area contributed by atoms with Crippen molar-refractivity contribution in [3.8, 4) is 11.5 Å². The fourth-order valence-electron chi connectivity index (χ4n) is 3.90. The van der Waals surface area contributed by atoms with Crippen molar-refractivity contribution < 1.29 is 28.5 Å². The van der Waals surface area contributed by atoms with Gasteiger partial charge in [0.15, 0.2) is 6.79 Å². The number of rotatable bonds is 9. The first-order valence-electron chi connectivity index (χ1n) is 11.3. The molecular weight excluding hydrogens is 420 g/mol. The van der Waals surface area contributed by atoms with Gasteiger partial charge in [0.1, 0.15) is 11.5 Å². The molecule has 2 rings (SSSR count). The van der Waals surface area contributed by atoms with E-state index in [0.717, 1.165) is 46.4 Å². The Morgan fingerprint density at radius 3 is 1.91 bits per heavy atom. The van der Waals surface area contributed by atoms with Gasteiger partial charge in [-0.3, -0.25) is 0 Å². The molecule has 0 heterocycles. The van der Waals surface area contributed by atoms with Crippen LogP contribution in [0.5, 0.6) is 11.5 Å². The molecule has 0 unspecified atom stereocenters. The molecule has 0 aliphatic heterocycles. The number of unbranched alkanes of at least 4 members (excludes halogenated alkanes) is 1. The minimum absolute atomic E-state index is 0.122. The molecule has 0 N–H and O–H groups in total. The van der Waals surface area contributed by atoms with Crippen molar-refractivity contribution in [2.24, 2.45) is 0 Å². The van der Waals surface area contributed by atoms with Gasteiger partial charge in [-0.25, -0.2) is 9.59 Å². The number of hydrogen-bond donors (Lipinski definition) is 0. The minimum Gasteiger partial charge on any atom is -0.493 e. The van der Waals surface area contributed by atoms with E-state index in [1.807, 2.05) is 54.5 Å².